The SMILES string of the molecule is Cc1ccc2cc(C(F)(F)F)cc(O)c2n1.O=Cc1ccc2ccccc2c1. The maximum Gasteiger partial charge on any atom is 0.416 e. The maximum absolute atomic E-state index is 12.4. The summed E-state index contributed by atoms with van der Waals surface area (Å²) in [6.45, 7) is 1.70. The van der Waals surface area contributed by atoms with E-state index in [9.17, 15) is 23.1 Å². The summed E-state index contributed by atoms with van der Waals surface area (Å²) in [4.78, 5) is 14.4. The molecular formula is C22H16F3NO2. The Balaban J connectivity index is 0.000000167. The third-order valence-corrected chi connectivity index (χ3v) is 4.15. The summed E-state index contributed by atoms with van der Waals surface area (Å²) in [7, 11) is 0. The highest BCUT2D eigenvalue weighted by molar-refractivity contribution is 5.88. The molecule has 0 fully saturated rings. The first-order chi connectivity index (χ1) is 13.3. The molecule has 0 bridgehead atoms. The summed E-state index contributed by atoms with van der Waals surface area (Å²) in [5.41, 5.74) is 0.687. The molecule has 0 amide bonds. The van der Waals surface area contributed by atoms with Gasteiger partial charge in [-0.05, 0) is 42.0 Å². The zero-order chi connectivity index (χ0) is 20.3. The van der Waals surface area contributed by atoms with Gasteiger partial charge in [0.1, 0.15) is 17.6 Å². The maximum atomic E-state index is 12.4. The fourth-order valence-electron chi connectivity index (χ4n) is 2.76. The van der Waals surface area contributed by atoms with Gasteiger partial charge in [-0.25, -0.2) is 4.98 Å². The molecule has 1 heterocycles. The van der Waals surface area contributed by atoms with Crippen LogP contribution in [0.1, 0.15) is 21.6 Å². The molecule has 0 aliphatic heterocycles. The number of aromatic nitrogens is 1. The third-order valence-electron chi connectivity index (χ3n) is 4.15. The number of carbonyl (C=O) groups excluding carboxylic acids is 1. The van der Waals surface area contributed by atoms with Crippen molar-refractivity contribution in [3.63, 3.8) is 0 Å². The Labute approximate surface area is 159 Å². The van der Waals surface area contributed by atoms with Crippen molar-refractivity contribution in [1.29, 1.82) is 0 Å². The van der Waals surface area contributed by atoms with Crippen LogP contribution in [0.2, 0.25) is 0 Å². The van der Waals surface area contributed by atoms with Crippen LogP contribution >= 0.6 is 0 Å². The van der Waals surface area contributed by atoms with Gasteiger partial charge in [0.2, 0.25) is 0 Å². The van der Waals surface area contributed by atoms with E-state index < -0.39 is 17.5 Å². The number of aryl methyl sites for hydroxylation is 1. The van der Waals surface area contributed by atoms with E-state index in [4.69, 9.17) is 0 Å². The summed E-state index contributed by atoms with van der Waals surface area (Å²) in [6, 6.07) is 18.4. The van der Waals surface area contributed by atoms with Gasteiger partial charge in [0.25, 0.3) is 0 Å². The molecule has 0 radical (unpaired) electrons. The zero-order valence-corrected chi connectivity index (χ0v) is 14.9. The van der Waals surface area contributed by atoms with Crippen molar-refractivity contribution >= 4 is 28.0 Å². The minimum absolute atomic E-state index is 0.188. The Morgan fingerprint density at radius 1 is 0.893 bits per heavy atom. The Morgan fingerprint density at radius 2 is 1.57 bits per heavy atom. The minimum atomic E-state index is -4.46. The van der Waals surface area contributed by atoms with Crippen molar-refractivity contribution in [2.45, 2.75) is 13.1 Å². The van der Waals surface area contributed by atoms with Gasteiger partial charge in [-0.15, -0.1) is 0 Å². The molecular weight excluding hydrogens is 367 g/mol. The number of nitrogens with zero attached hydrogens (tertiary/aromatic N) is 1. The van der Waals surface area contributed by atoms with Crippen molar-refractivity contribution < 1.29 is 23.1 Å². The van der Waals surface area contributed by atoms with Gasteiger partial charge in [0.05, 0.1) is 5.56 Å². The predicted octanol–water partition coefficient (Wildman–Crippen LogP) is 5.92. The molecule has 0 aliphatic rings. The number of aromatic hydroxyl groups is 1. The van der Waals surface area contributed by atoms with Gasteiger partial charge in [-0.3, -0.25) is 4.79 Å². The fraction of sp³-hybridized carbons (Fsp3) is 0.0909. The van der Waals surface area contributed by atoms with E-state index in [1.807, 2.05) is 42.5 Å². The van der Waals surface area contributed by atoms with Crippen LogP contribution in [0.5, 0.6) is 5.75 Å². The lowest BCUT2D eigenvalue weighted by Gasteiger charge is -2.09. The molecule has 0 spiro atoms. The molecule has 0 aliphatic carbocycles. The molecule has 0 saturated carbocycles. The van der Waals surface area contributed by atoms with Crippen molar-refractivity contribution in [2.24, 2.45) is 0 Å². The summed E-state index contributed by atoms with van der Waals surface area (Å²) in [6.07, 6.45) is -3.59. The van der Waals surface area contributed by atoms with Crippen LogP contribution in [0.25, 0.3) is 21.7 Å². The van der Waals surface area contributed by atoms with Gasteiger partial charge in [0, 0.05) is 16.6 Å². The molecule has 0 unspecified atom stereocenters. The molecule has 3 nitrogen and oxygen atoms in total. The molecule has 0 saturated heterocycles. The first-order valence-corrected chi connectivity index (χ1v) is 8.39. The van der Waals surface area contributed by atoms with Crippen molar-refractivity contribution in [3.05, 3.63) is 83.6 Å². The number of phenols is 1. The lowest BCUT2D eigenvalue weighted by Crippen LogP contribution is -2.04. The van der Waals surface area contributed by atoms with E-state index in [0.717, 1.165) is 23.3 Å². The molecule has 4 rings (SSSR count). The van der Waals surface area contributed by atoms with E-state index in [0.29, 0.717) is 11.8 Å². The third kappa shape index (κ3) is 4.28. The van der Waals surface area contributed by atoms with Gasteiger partial charge < -0.3 is 5.11 Å². The number of rotatable bonds is 1. The Kier molecular flexibility index (Phi) is 5.31. The lowest BCUT2D eigenvalue weighted by atomic mass is 10.1. The number of alkyl halides is 3. The van der Waals surface area contributed by atoms with Crippen LogP contribution in [0.15, 0.2) is 66.7 Å². The average molecular weight is 383 g/mol. The highest BCUT2D eigenvalue weighted by Gasteiger charge is 2.31. The Morgan fingerprint density at radius 3 is 2.25 bits per heavy atom. The first kappa shape index (κ1) is 19.4. The topological polar surface area (TPSA) is 50.2 Å². The average Bonchev–Trinajstić information content (AvgIpc) is 2.67. The summed E-state index contributed by atoms with van der Waals surface area (Å²) in [5, 5.41) is 12.0. The molecule has 4 aromatic rings. The summed E-state index contributed by atoms with van der Waals surface area (Å²) in [5.74, 6) is -0.450. The molecule has 28 heavy (non-hydrogen) atoms. The number of hydrogen-bond acceptors (Lipinski definition) is 3. The highest BCUT2D eigenvalue weighted by atomic mass is 19.4. The number of pyridine rings is 1. The van der Waals surface area contributed by atoms with Crippen LogP contribution in [-0.2, 0) is 6.18 Å². The van der Waals surface area contributed by atoms with E-state index in [2.05, 4.69) is 4.98 Å². The second-order valence-electron chi connectivity index (χ2n) is 6.24. The smallest absolute Gasteiger partial charge is 0.416 e. The molecule has 1 aromatic heterocycles. The fourth-order valence-corrected chi connectivity index (χ4v) is 2.76. The predicted molar refractivity (Wildman–Crippen MR) is 102 cm³/mol. The summed E-state index contributed by atoms with van der Waals surface area (Å²) >= 11 is 0. The number of halogens is 3. The number of phenolic OH excluding ortho intramolecular Hbond substituents is 1. The monoisotopic (exact) mass is 383 g/mol. The van der Waals surface area contributed by atoms with Crippen molar-refractivity contribution in [2.75, 3.05) is 0 Å². The Bertz CT molecular complexity index is 1150. The summed E-state index contributed by atoms with van der Waals surface area (Å²) < 4.78 is 37.3. The van der Waals surface area contributed by atoms with Gasteiger partial charge in [-0.2, -0.15) is 13.2 Å². The second-order valence-corrected chi connectivity index (χ2v) is 6.24. The van der Waals surface area contributed by atoms with E-state index in [1.54, 1.807) is 13.0 Å². The first-order valence-electron chi connectivity index (χ1n) is 8.39. The normalized spacial score (nSPS) is 11.1. The van der Waals surface area contributed by atoms with Crippen LogP contribution in [0.4, 0.5) is 13.2 Å². The number of hydrogen-bond donors (Lipinski definition) is 1. The van der Waals surface area contributed by atoms with Gasteiger partial charge >= 0.3 is 6.18 Å². The molecule has 142 valence electrons. The second kappa shape index (κ2) is 7.68. The molecule has 1 N–H and O–H groups in total. The molecule has 3 aromatic carbocycles. The number of aldehydes is 1. The van der Waals surface area contributed by atoms with Crippen LogP contribution in [0.3, 0.4) is 0 Å². The zero-order valence-electron chi connectivity index (χ0n) is 14.9. The lowest BCUT2D eigenvalue weighted by molar-refractivity contribution is -0.137. The highest BCUT2D eigenvalue weighted by Crippen LogP contribution is 2.35. The van der Waals surface area contributed by atoms with E-state index in [1.165, 1.54) is 11.5 Å². The van der Waals surface area contributed by atoms with Crippen molar-refractivity contribution in [3.8, 4) is 5.75 Å². The molecule has 6 heteroatoms. The quantitative estimate of drug-likeness (QED) is 0.415. The standard InChI is InChI=1S/C11H8F3NO.C11H8O/c1-6-2-3-7-4-8(11(12,13)14)5-9(16)10(7)15-6;12-8-9-5-6-10-3-1-2-4-11(10)7-9/h2-5,16H,1H3;1-8H. The van der Waals surface area contributed by atoms with Crippen LogP contribution < -0.4 is 0 Å². The number of carbonyl (C=O) groups is 1. The van der Waals surface area contributed by atoms with E-state index in [-0.39, 0.29) is 10.9 Å². The van der Waals surface area contributed by atoms with E-state index >= 15 is 0 Å². The minimum Gasteiger partial charge on any atom is -0.506 e. The van der Waals surface area contributed by atoms with Crippen LogP contribution in [0, 0.1) is 6.92 Å². The number of benzene rings is 3. The van der Waals surface area contributed by atoms with Gasteiger partial charge in [0.15, 0.2) is 0 Å². The van der Waals surface area contributed by atoms with Crippen molar-refractivity contribution in [1.82, 2.24) is 4.98 Å². The Hall–Kier alpha value is -3.41. The number of fused-ring (bicyclic) bond motifs is 2. The van der Waals surface area contributed by atoms with Gasteiger partial charge in [-0.1, -0.05) is 42.5 Å². The van der Waals surface area contributed by atoms with Crippen LogP contribution in [-0.4, -0.2) is 16.4 Å². The largest absolute Gasteiger partial charge is 0.506 e. The molecule has 0 atom stereocenters.